The van der Waals surface area contributed by atoms with Crippen LogP contribution in [0.2, 0.25) is 0 Å². The highest BCUT2D eigenvalue weighted by molar-refractivity contribution is 5.99. The summed E-state index contributed by atoms with van der Waals surface area (Å²) in [5.41, 5.74) is 1.60. The van der Waals surface area contributed by atoms with Crippen molar-refractivity contribution in [1.82, 2.24) is 4.90 Å². The van der Waals surface area contributed by atoms with Crippen LogP contribution in [-0.2, 0) is 4.74 Å². The number of benzene rings is 1. The quantitative estimate of drug-likeness (QED) is 0.833. The molecule has 1 unspecified atom stereocenters. The summed E-state index contributed by atoms with van der Waals surface area (Å²) in [6.07, 6.45) is 0. The number of methoxy groups -OCH3 is 1. The maximum atomic E-state index is 12.7. The number of rotatable bonds is 7. The topological polar surface area (TPSA) is 41.6 Å². The molecule has 0 radical (unpaired) electrons. The Balaban J connectivity index is 3.00. The van der Waals surface area contributed by atoms with E-state index in [1.54, 1.807) is 7.11 Å². The van der Waals surface area contributed by atoms with E-state index in [-0.39, 0.29) is 18.0 Å². The van der Waals surface area contributed by atoms with Gasteiger partial charge in [0.1, 0.15) is 0 Å². The van der Waals surface area contributed by atoms with E-state index in [0.717, 1.165) is 5.69 Å². The van der Waals surface area contributed by atoms with Crippen LogP contribution in [-0.4, -0.2) is 43.2 Å². The summed E-state index contributed by atoms with van der Waals surface area (Å²) in [4.78, 5) is 14.6. The average Bonchev–Trinajstić information content (AvgIpc) is 2.39. The summed E-state index contributed by atoms with van der Waals surface area (Å²) < 4.78 is 5.16. The molecule has 1 aromatic carbocycles. The number of para-hydroxylation sites is 1. The molecule has 0 aliphatic rings. The monoisotopic (exact) mass is 278 g/mol. The van der Waals surface area contributed by atoms with Crippen molar-refractivity contribution in [3.05, 3.63) is 29.8 Å². The summed E-state index contributed by atoms with van der Waals surface area (Å²) in [5, 5.41) is 3.33. The van der Waals surface area contributed by atoms with Crippen molar-refractivity contribution in [2.45, 2.75) is 39.8 Å². The zero-order valence-corrected chi connectivity index (χ0v) is 13.1. The van der Waals surface area contributed by atoms with Gasteiger partial charge in [-0.05, 0) is 39.8 Å². The van der Waals surface area contributed by atoms with E-state index in [0.29, 0.717) is 18.7 Å². The van der Waals surface area contributed by atoms with Gasteiger partial charge in [-0.15, -0.1) is 0 Å². The normalized spacial score (nSPS) is 12.3. The van der Waals surface area contributed by atoms with Crippen LogP contribution in [0.5, 0.6) is 0 Å². The lowest BCUT2D eigenvalue weighted by Crippen LogP contribution is -2.41. The van der Waals surface area contributed by atoms with Crippen molar-refractivity contribution >= 4 is 11.6 Å². The van der Waals surface area contributed by atoms with Gasteiger partial charge >= 0.3 is 0 Å². The molecule has 1 N–H and O–H groups in total. The summed E-state index contributed by atoms with van der Waals surface area (Å²) in [6.45, 7) is 9.32. The second-order valence-corrected chi connectivity index (χ2v) is 5.24. The molecule has 0 fully saturated rings. The Kier molecular flexibility index (Phi) is 6.52. The van der Waals surface area contributed by atoms with Crippen LogP contribution in [0, 0.1) is 0 Å². The van der Waals surface area contributed by atoms with Gasteiger partial charge in [0.25, 0.3) is 5.91 Å². The lowest BCUT2D eigenvalue weighted by atomic mass is 10.1. The minimum absolute atomic E-state index is 0.0424. The number of ether oxygens (including phenoxy) is 1. The molecule has 0 heterocycles. The highest BCUT2D eigenvalue weighted by Gasteiger charge is 2.22. The van der Waals surface area contributed by atoms with Crippen LogP contribution in [0.3, 0.4) is 0 Å². The van der Waals surface area contributed by atoms with E-state index in [1.807, 2.05) is 43.0 Å². The fraction of sp³-hybridized carbons (Fsp3) is 0.562. The van der Waals surface area contributed by atoms with E-state index in [1.165, 1.54) is 0 Å². The van der Waals surface area contributed by atoms with Crippen LogP contribution in [0.4, 0.5) is 5.69 Å². The van der Waals surface area contributed by atoms with Crippen molar-refractivity contribution in [3.63, 3.8) is 0 Å². The molecule has 4 nitrogen and oxygen atoms in total. The molecule has 1 aromatic rings. The third-order valence-corrected chi connectivity index (χ3v) is 3.14. The number of anilines is 1. The summed E-state index contributed by atoms with van der Waals surface area (Å²) in [7, 11) is 1.66. The standard InChI is InChI=1S/C16H26N2O2/c1-6-18(13(4)11-20-5)16(19)14-9-7-8-10-15(14)17-12(2)3/h7-10,12-13,17H,6,11H2,1-5H3. The van der Waals surface area contributed by atoms with Crippen molar-refractivity contribution in [2.24, 2.45) is 0 Å². The van der Waals surface area contributed by atoms with Crippen LogP contribution in [0.25, 0.3) is 0 Å². The number of amides is 1. The second kappa shape index (κ2) is 7.90. The number of nitrogens with one attached hydrogen (secondary N) is 1. The molecule has 0 spiro atoms. The molecule has 0 bridgehead atoms. The molecule has 1 rings (SSSR count). The predicted molar refractivity (Wildman–Crippen MR) is 83.2 cm³/mol. The van der Waals surface area contributed by atoms with Crippen molar-refractivity contribution < 1.29 is 9.53 Å². The SMILES string of the molecule is CCN(C(=O)c1ccccc1NC(C)C)C(C)COC. The first-order valence-corrected chi connectivity index (χ1v) is 7.16. The molecule has 0 aromatic heterocycles. The number of hydrogen-bond donors (Lipinski definition) is 1. The van der Waals surface area contributed by atoms with Gasteiger partial charge in [-0.3, -0.25) is 4.79 Å². The van der Waals surface area contributed by atoms with Gasteiger partial charge in [0.2, 0.25) is 0 Å². The molecule has 112 valence electrons. The van der Waals surface area contributed by atoms with Gasteiger partial charge in [0.15, 0.2) is 0 Å². The van der Waals surface area contributed by atoms with Crippen LogP contribution >= 0.6 is 0 Å². The first-order chi connectivity index (χ1) is 9.51. The predicted octanol–water partition coefficient (Wildman–Crippen LogP) is 3.00. The second-order valence-electron chi connectivity index (χ2n) is 5.24. The average molecular weight is 278 g/mol. The van der Waals surface area contributed by atoms with E-state index in [9.17, 15) is 4.79 Å². The first-order valence-electron chi connectivity index (χ1n) is 7.16. The molecule has 0 saturated carbocycles. The molecule has 1 amide bonds. The number of nitrogens with zero attached hydrogens (tertiary/aromatic N) is 1. The maximum Gasteiger partial charge on any atom is 0.256 e. The molecule has 0 saturated heterocycles. The van der Waals surface area contributed by atoms with Crippen LogP contribution in [0.15, 0.2) is 24.3 Å². The molecular formula is C16H26N2O2. The van der Waals surface area contributed by atoms with Crippen LogP contribution in [0.1, 0.15) is 38.1 Å². The summed E-state index contributed by atoms with van der Waals surface area (Å²) >= 11 is 0. The Morgan fingerprint density at radius 2 is 1.95 bits per heavy atom. The fourth-order valence-electron chi connectivity index (χ4n) is 2.25. The Morgan fingerprint density at radius 3 is 2.50 bits per heavy atom. The van der Waals surface area contributed by atoms with Crippen molar-refractivity contribution in [2.75, 3.05) is 25.6 Å². The molecule has 0 aliphatic carbocycles. The van der Waals surface area contributed by atoms with Crippen molar-refractivity contribution in [3.8, 4) is 0 Å². The molecule has 0 aliphatic heterocycles. The molecule has 20 heavy (non-hydrogen) atoms. The summed E-state index contributed by atoms with van der Waals surface area (Å²) in [5.74, 6) is 0.0424. The largest absolute Gasteiger partial charge is 0.383 e. The lowest BCUT2D eigenvalue weighted by Gasteiger charge is -2.28. The highest BCUT2D eigenvalue weighted by atomic mass is 16.5. The molecular weight excluding hydrogens is 252 g/mol. The van der Waals surface area contributed by atoms with E-state index < -0.39 is 0 Å². The zero-order chi connectivity index (χ0) is 15.1. The Bertz CT molecular complexity index is 432. The first kappa shape index (κ1) is 16.5. The molecule has 4 heteroatoms. The van der Waals surface area contributed by atoms with E-state index >= 15 is 0 Å². The van der Waals surface area contributed by atoms with E-state index in [2.05, 4.69) is 19.2 Å². The van der Waals surface area contributed by atoms with Crippen molar-refractivity contribution in [1.29, 1.82) is 0 Å². The third-order valence-electron chi connectivity index (χ3n) is 3.14. The van der Waals surface area contributed by atoms with Gasteiger partial charge in [-0.1, -0.05) is 12.1 Å². The van der Waals surface area contributed by atoms with Gasteiger partial charge in [0, 0.05) is 25.4 Å². The van der Waals surface area contributed by atoms with Gasteiger partial charge < -0.3 is 15.0 Å². The van der Waals surface area contributed by atoms with Crippen LogP contribution < -0.4 is 5.32 Å². The fourth-order valence-corrected chi connectivity index (χ4v) is 2.25. The number of likely N-dealkylation sites (N-methyl/N-ethyl adjacent to an activating group) is 1. The number of carbonyl (C=O) groups is 1. The van der Waals surface area contributed by atoms with E-state index in [4.69, 9.17) is 4.74 Å². The van der Waals surface area contributed by atoms with Gasteiger partial charge in [-0.25, -0.2) is 0 Å². The number of carbonyl (C=O) groups excluding carboxylic acids is 1. The Labute approximate surface area is 122 Å². The third kappa shape index (κ3) is 4.23. The zero-order valence-electron chi connectivity index (χ0n) is 13.1. The summed E-state index contributed by atoms with van der Waals surface area (Å²) in [6, 6.07) is 8.00. The Hall–Kier alpha value is -1.55. The Morgan fingerprint density at radius 1 is 1.30 bits per heavy atom. The van der Waals surface area contributed by atoms with Gasteiger partial charge in [-0.2, -0.15) is 0 Å². The minimum Gasteiger partial charge on any atom is -0.383 e. The lowest BCUT2D eigenvalue weighted by molar-refractivity contribution is 0.0580. The maximum absolute atomic E-state index is 12.7. The minimum atomic E-state index is 0.0424. The molecule has 1 atom stereocenters. The number of hydrogen-bond acceptors (Lipinski definition) is 3. The van der Waals surface area contributed by atoms with Gasteiger partial charge in [0.05, 0.1) is 18.2 Å². The smallest absolute Gasteiger partial charge is 0.256 e. The highest BCUT2D eigenvalue weighted by Crippen LogP contribution is 2.19.